The normalized spacial score (nSPS) is 17.8. The molecule has 5 heteroatoms. The molecule has 0 bridgehead atoms. The van der Waals surface area contributed by atoms with Crippen molar-refractivity contribution in [3.63, 3.8) is 0 Å². The fourth-order valence-electron chi connectivity index (χ4n) is 2.65. The lowest BCUT2D eigenvalue weighted by molar-refractivity contribution is -0.122. The highest BCUT2D eigenvalue weighted by molar-refractivity contribution is 7.99. The molecule has 2 rings (SSSR count). The van der Waals surface area contributed by atoms with Gasteiger partial charge in [-0.1, -0.05) is 19.9 Å². The van der Waals surface area contributed by atoms with Crippen molar-refractivity contribution in [2.24, 2.45) is 0 Å². The van der Waals surface area contributed by atoms with Crippen LogP contribution < -0.4 is 15.4 Å². The van der Waals surface area contributed by atoms with Crippen LogP contribution in [-0.4, -0.2) is 37.2 Å². The van der Waals surface area contributed by atoms with Gasteiger partial charge in [0.05, 0.1) is 13.2 Å². The van der Waals surface area contributed by atoms with E-state index in [0.29, 0.717) is 12.5 Å². The Kier molecular flexibility index (Phi) is 6.15. The van der Waals surface area contributed by atoms with Crippen LogP contribution >= 0.6 is 11.8 Å². The summed E-state index contributed by atoms with van der Waals surface area (Å²) in [4.78, 5) is 12.0. The summed E-state index contributed by atoms with van der Waals surface area (Å²) in [5.41, 5.74) is 3.71. The second kappa shape index (κ2) is 7.88. The molecule has 1 fully saturated rings. The van der Waals surface area contributed by atoms with Gasteiger partial charge in [0.25, 0.3) is 0 Å². The number of benzene rings is 1. The lowest BCUT2D eigenvalue weighted by Crippen LogP contribution is -2.42. The van der Waals surface area contributed by atoms with E-state index < -0.39 is 0 Å². The van der Waals surface area contributed by atoms with Crippen molar-refractivity contribution in [1.29, 1.82) is 0 Å². The molecule has 0 aliphatic carbocycles. The van der Waals surface area contributed by atoms with Crippen LogP contribution in [0.15, 0.2) is 12.1 Å². The van der Waals surface area contributed by atoms with Gasteiger partial charge in [0.15, 0.2) is 0 Å². The number of carbonyl (C=O) groups excluding carboxylic acids is 1. The average molecular weight is 322 g/mol. The summed E-state index contributed by atoms with van der Waals surface area (Å²) in [6.45, 7) is 7.11. The van der Waals surface area contributed by atoms with E-state index in [9.17, 15) is 4.79 Å². The van der Waals surface area contributed by atoms with E-state index in [1.807, 2.05) is 0 Å². The smallest absolute Gasteiger partial charge is 0.238 e. The van der Waals surface area contributed by atoms with E-state index in [0.717, 1.165) is 23.8 Å². The maximum atomic E-state index is 12.0. The molecule has 0 aromatic heterocycles. The molecule has 1 aromatic carbocycles. The van der Waals surface area contributed by atoms with Crippen LogP contribution in [0, 0.1) is 6.92 Å². The number of carbonyl (C=O) groups is 1. The third-order valence-corrected chi connectivity index (χ3v) is 4.98. The SMILES string of the molecule is COc1cc(C)c(CCNC(=O)C2CSCN2)cc1C(C)C. The van der Waals surface area contributed by atoms with Gasteiger partial charge in [-0.05, 0) is 42.0 Å². The zero-order valence-corrected chi connectivity index (χ0v) is 14.7. The van der Waals surface area contributed by atoms with E-state index >= 15 is 0 Å². The Hall–Kier alpha value is -1.20. The molecule has 1 saturated heterocycles. The highest BCUT2D eigenvalue weighted by atomic mass is 32.2. The summed E-state index contributed by atoms with van der Waals surface area (Å²) < 4.78 is 5.47. The largest absolute Gasteiger partial charge is 0.496 e. The van der Waals surface area contributed by atoms with Gasteiger partial charge in [-0.3, -0.25) is 10.1 Å². The molecule has 0 spiro atoms. The van der Waals surface area contributed by atoms with Gasteiger partial charge in [0.2, 0.25) is 5.91 Å². The second-order valence-electron chi connectivity index (χ2n) is 5.99. The maximum absolute atomic E-state index is 12.0. The number of amides is 1. The summed E-state index contributed by atoms with van der Waals surface area (Å²) in [7, 11) is 1.72. The third kappa shape index (κ3) is 4.17. The number of ether oxygens (including phenoxy) is 1. The van der Waals surface area contributed by atoms with Crippen LogP contribution in [0.4, 0.5) is 0 Å². The number of rotatable bonds is 6. The summed E-state index contributed by atoms with van der Waals surface area (Å²) >= 11 is 1.77. The van der Waals surface area contributed by atoms with Crippen LogP contribution in [0.5, 0.6) is 5.75 Å². The van der Waals surface area contributed by atoms with E-state index in [2.05, 4.69) is 43.5 Å². The van der Waals surface area contributed by atoms with Crippen molar-refractivity contribution < 1.29 is 9.53 Å². The number of nitrogens with one attached hydrogen (secondary N) is 2. The number of methoxy groups -OCH3 is 1. The standard InChI is InChI=1S/C17H26N2O2S/c1-11(2)14-8-13(12(3)7-16(14)21-4)5-6-18-17(20)15-9-22-10-19-15/h7-8,11,15,19H,5-6,9-10H2,1-4H3,(H,18,20). The highest BCUT2D eigenvalue weighted by Crippen LogP contribution is 2.29. The Balaban J connectivity index is 1.97. The Morgan fingerprint density at radius 3 is 2.86 bits per heavy atom. The zero-order chi connectivity index (χ0) is 16.1. The predicted octanol–water partition coefficient (Wildman–Crippen LogP) is 2.45. The minimum absolute atomic E-state index is 0.0341. The third-order valence-electron chi connectivity index (χ3n) is 4.04. The van der Waals surface area contributed by atoms with Crippen LogP contribution in [0.2, 0.25) is 0 Å². The van der Waals surface area contributed by atoms with Gasteiger partial charge in [-0.25, -0.2) is 0 Å². The van der Waals surface area contributed by atoms with Crippen molar-refractivity contribution >= 4 is 17.7 Å². The Morgan fingerprint density at radius 2 is 2.27 bits per heavy atom. The van der Waals surface area contributed by atoms with Crippen LogP contribution in [0.3, 0.4) is 0 Å². The van der Waals surface area contributed by atoms with Gasteiger partial charge >= 0.3 is 0 Å². The minimum Gasteiger partial charge on any atom is -0.496 e. The number of aryl methyl sites for hydroxylation is 1. The van der Waals surface area contributed by atoms with Gasteiger partial charge in [0.1, 0.15) is 5.75 Å². The van der Waals surface area contributed by atoms with E-state index in [1.54, 1.807) is 18.9 Å². The Labute approximate surface area is 137 Å². The quantitative estimate of drug-likeness (QED) is 0.845. The Bertz CT molecular complexity index is 526. The average Bonchev–Trinajstić information content (AvgIpc) is 3.02. The summed E-state index contributed by atoms with van der Waals surface area (Å²) in [6.07, 6.45) is 0.848. The summed E-state index contributed by atoms with van der Waals surface area (Å²) in [5.74, 6) is 3.22. The van der Waals surface area contributed by atoms with Crippen molar-refractivity contribution in [2.75, 3.05) is 25.3 Å². The molecule has 1 heterocycles. The molecule has 122 valence electrons. The molecule has 1 amide bonds. The number of hydrogen-bond acceptors (Lipinski definition) is 4. The minimum atomic E-state index is -0.0341. The first-order valence-electron chi connectivity index (χ1n) is 7.79. The van der Waals surface area contributed by atoms with Crippen molar-refractivity contribution in [3.05, 3.63) is 28.8 Å². The molecule has 0 saturated carbocycles. The first-order valence-corrected chi connectivity index (χ1v) is 8.94. The molecular weight excluding hydrogens is 296 g/mol. The monoisotopic (exact) mass is 322 g/mol. The van der Waals surface area contributed by atoms with E-state index in [1.165, 1.54) is 16.7 Å². The maximum Gasteiger partial charge on any atom is 0.238 e. The Morgan fingerprint density at radius 1 is 1.50 bits per heavy atom. The molecule has 1 aliphatic heterocycles. The predicted molar refractivity (Wildman–Crippen MR) is 92.8 cm³/mol. The molecule has 1 unspecified atom stereocenters. The van der Waals surface area contributed by atoms with Gasteiger partial charge in [0, 0.05) is 18.2 Å². The fraction of sp³-hybridized carbons (Fsp3) is 0.588. The van der Waals surface area contributed by atoms with Crippen molar-refractivity contribution in [1.82, 2.24) is 10.6 Å². The van der Waals surface area contributed by atoms with Crippen molar-refractivity contribution in [2.45, 2.75) is 39.2 Å². The topological polar surface area (TPSA) is 50.4 Å². The molecule has 4 nitrogen and oxygen atoms in total. The van der Waals surface area contributed by atoms with E-state index in [-0.39, 0.29) is 11.9 Å². The lowest BCUT2D eigenvalue weighted by atomic mass is 9.95. The van der Waals surface area contributed by atoms with Crippen LogP contribution in [0.25, 0.3) is 0 Å². The van der Waals surface area contributed by atoms with Gasteiger partial charge < -0.3 is 10.1 Å². The molecular formula is C17H26N2O2S. The van der Waals surface area contributed by atoms with Gasteiger partial charge in [-0.15, -0.1) is 11.8 Å². The highest BCUT2D eigenvalue weighted by Gasteiger charge is 2.21. The second-order valence-corrected chi connectivity index (χ2v) is 7.02. The van der Waals surface area contributed by atoms with Crippen molar-refractivity contribution in [3.8, 4) is 5.75 Å². The van der Waals surface area contributed by atoms with Gasteiger partial charge in [-0.2, -0.15) is 0 Å². The molecule has 1 atom stereocenters. The zero-order valence-electron chi connectivity index (χ0n) is 13.9. The first-order chi connectivity index (χ1) is 10.5. The number of thioether (sulfide) groups is 1. The molecule has 22 heavy (non-hydrogen) atoms. The summed E-state index contributed by atoms with van der Waals surface area (Å²) in [5, 5.41) is 6.22. The first kappa shape index (κ1) is 17.2. The lowest BCUT2D eigenvalue weighted by Gasteiger charge is -2.17. The van der Waals surface area contributed by atoms with Crippen LogP contribution in [0.1, 0.15) is 36.5 Å². The molecule has 1 aromatic rings. The number of hydrogen-bond donors (Lipinski definition) is 2. The fourth-order valence-corrected chi connectivity index (χ4v) is 3.59. The van der Waals surface area contributed by atoms with E-state index in [4.69, 9.17) is 4.74 Å². The molecule has 2 N–H and O–H groups in total. The summed E-state index contributed by atoms with van der Waals surface area (Å²) in [6, 6.07) is 4.28. The molecule has 1 aliphatic rings. The molecule has 0 radical (unpaired) electrons. The van der Waals surface area contributed by atoms with Crippen LogP contribution in [-0.2, 0) is 11.2 Å².